The summed E-state index contributed by atoms with van der Waals surface area (Å²) in [6, 6.07) is 18.5. The second kappa shape index (κ2) is 8.79. The lowest BCUT2D eigenvalue weighted by atomic mass is 9.96. The number of furan rings is 1. The van der Waals surface area contributed by atoms with E-state index in [1.54, 1.807) is 24.6 Å². The van der Waals surface area contributed by atoms with Crippen LogP contribution in [-0.4, -0.2) is 30.6 Å². The summed E-state index contributed by atoms with van der Waals surface area (Å²) < 4.78 is 7.63. The Morgan fingerprint density at radius 1 is 1.15 bits per heavy atom. The number of rotatable bonds is 6. The van der Waals surface area contributed by atoms with Crippen LogP contribution < -0.4 is 5.32 Å². The van der Waals surface area contributed by atoms with E-state index in [-0.39, 0.29) is 17.6 Å². The predicted octanol–water partition coefficient (Wildman–Crippen LogP) is 4.95. The number of para-hydroxylation sites is 1. The van der Waals surface area contributed by atoms with Crippen LogP contribution in [0, 0.1) is 13.8 Å². The summed E-state index contributed by atoms with van der Waals surface area (Å²) in [5, 5.41) is 13.8. The van der Waals surface area contributed by atoms with Crippen LogP contribution in [0.15, 0.2) is 77.5 Å². The maximum absolute atomic E-state index is 11.9. The van der Waals surface area contributed by atoms with E-state index in [2.05, 4.69) is 21.3 Å². The van der Waals surface area contributed by atoms with Crippen LogP contribution >= 0.6 is 12.2 Å². The summed E-state index contributed by atoms with van der Waals surface area (Å²) in [6.07, 6.45) is 3.43. The summed E-state index contributed by atoms with van der Waals surface area (Å²) in [4.78, 5) is 18.6. The van der Waals surface area contributed by atoms with Gasteiger partial charge in [0.15, 0.2) is 5.11 Å². The highest BCUT2D eigenvalue weighted by Gasteiger charge is 2.41. The number of benzene rings is 1. The second-order valence-corrected chi connectivity index (χ2v) is 8.70. The van der Waals surface area contributed by atoms with Crippen molar-refractivity contribution in [3.8, 4) is 5.69 Å². The second-order valence-electron chi connectivity index (χ2n) is 8.32. The van der Waals surface area contributed by atoms with Gasteiger partial charge in [-0.3, -0.25) is 4.98 Å². The molecule has 172 valence electrons. The zero-order valence-corrected chi connectivity index (χ0v) is 19.6. The van der Waals surface area contributed by atoms with E-state index in [0.29, 0.717) is 17.3 Å². The molecule has 2 N–H and O–H groups in total. The van der Waals surface area contributed by atoms with Crippen LogP contribution in [-0.2, 0) is 6.54 Å². The van der Waals surface area contributed by atoms with Gasteiger partial charge in [-0.15, -0.1) is 0 Å². The van der Waals surface area contributed by atoms with Gasteiger partial charge in [0.1, 0.15) is 5.76 Å². The highest BCUT2D eigenvalue weighted by molar-refractivity contribution is 7.80. The maximum atomic E-state index is 11.9. The lowest BCUT2D eigenvalue weighted by Gasteiger charge is -2.27. The highest BCUT2D eigenvalue weighted by atomic mass is 32.1. The zero-order chi connectivity index (χ0) is 23.8. The number of carboxylic acid groups (broad SMARTS) is 1. The molecule has 8 heteroatoms. The molecule has 0 saturated carbocycles. The first-order valence-corrected chi connectivity index (χ1v) is 11.4. The fourth-order valence-corrected chi connectivity index (χ4v) is 5.10. The number of hydrogen-bond acceptors (Lipinski definition) is 4. The van der Waals surface area contributed by atoms with E-state index in [1.165, 1.54) is 0 Å². The van der Waals surface area contributed by atoms with Crippen molar-refractivity contribution in [2.24, 2.45) is 0 Å². The third-order valence-electron chi connectivity index (χ3n) is 6.27. The number of aryl methyl sites for hydroxylation is 1. The molecule has 0 spiro atoms. The number of nitrogens with one attached hydrogen (secondary N) is 1. The van der Waals surface area contributed by atoms with Crippen LogP contribution in [0.25, 0.3) is 5.69 Å². The molecule has 0 radical (unpaired) electrons. The molecule has 4 heterocycles. The smallest absolute Gasteiger partial charge is 0.337 e. The Labute approximate surface area is 202 Å². The van der Waals surface area contributed by atoms with Gasteiger partial charge in [-0.05, 0) is 74.1 Å². The molecular formula is C26H24N4O3S. The Balaban J connectivity index is 1.65. The number of carbonyl (C=O) groups is 1. The molecule has 1 saturated heterocycles. The number of pyridine rings is 1. The SMILES string of the molecule is Cc1cc([C@H]2[C@@H](c3ccccn3)NC(=S)N2Cc2ccco2)c(C)n1-c1ccccc1C(=O)O. The van der Waals surface area contributed by atoms with Crippen LogP contribution in [0.1, 0.15) is 50.8 Å². The Morgan fingerprint density at radius 2 is 1.94 bits per heavy atom. The van der Waals surface area contributed by atoms with Crippen molar-refractivity contribution in [2.75, 3.05) is 0 Å². The van der Waals surface area contributed by atoms with E-state index in [1.807, 2.05) is 60.9 Å². The number of hydrogen-bond donors (Lipinski definition) is 2. The lowest BCUT2D eigenvalue weighted by Crippen LogP contribution is -2.29. The van der Waals surface area contributed by atoms with Crippen molar-refractivity contribution < 1.29 is 14.3 Å². The first-order valence-electron chi connectivity index (χ1n) is 11.0. The van der Waals surface area contributed by atoms with Gasteiger partial charge >= 0.3 is 5.97 Å². The van der Waals surface area contributed by atoms with Crippen LogP contribution in [0.2, 0.25) is 0 Å². The Morgan fingerprint density at radius 3 is 2.65 bits per heavy atom. The fourth-order valence-electron chi connectivity index (χ4n) is 4.79. The number of nitrogens with zero attached hydrogens (tertiary/aromatic N) is 3. The van der Waals surface area contributed by atoms with Gasteiger partial charge in [-0.25, -0.2) is 4.79 Å². The largest absolute Gasteiger partial charge is 0.478 e. The number of aromatic carboxylic acids is 1. The summed E-state index contributed by atoms with van der Waals surface area (Å²) in [6.45, 7) is 4.51. The topological polar surface area (TPSA) is 83.5 Å². The normalized spacial score (nSPS) is 17.7. The van der Waals surface area contributed by atoms with Gasteiger partial charge in [-0.1, -0.05) is 18.2 Å². The Hall–Kier alpha value is -3.91. The molecule has 7 nitrogen and oxygen atoms in total. The number of carboxylic acids is 1. The van der Waals surface area contributed by atoms with Gasteiger partial charge < -0.3 is 24.3 Å². The molecule has 34 heavy (non-hydrogen) atoms. The standard InChI is InChI=1S/C26H24N4O3S/c1-16-14-20(17(2)30(16)22-11-4-3-9-19(22)25(31)32)24-23(21-10-5-6-12-27-21)28-26(34)29(24)15-18-8-7-13-33-18/h3-14,23-24H,15H2,1-2H3,(H,28,34)(H,31,32)/t23-,24+/m1/s1. The first kappa shape index (κ1) is 21.9. The first-order chi connectivity index (χ1) is 16.5. The molecule has 0 amide bonds. The van der Waals surface area contributed by atoms with Crippen LogP contribution in [0.3, 0.4) is 0 Å². The van der Waals surface area contributed by atoms with Crippen molar-refractivity contribution >= 4 is 23.3 Å². The Kier molecular flexibility index (Phi) is 5.67. The van der Waals surface area contributed by atoms with Gasteiger partial charge in [0.05, 0.1) is 41.8 Å². The molecule has 0 aliphatic carbocycles. The molecule has 1 aromatic carbocycles. The van der Waals surface area contributed by atoms with Crippen molar-refractivity contribution in [3.05, 3.63) is 107 Å². The maximum Gasteiger partial charge on any atom is 0.337 e. The van der Waals surface area contributed by atoms with Crippen molar-refractivity contribution in [1.82, 2.24) is 19.8 Å². The third kappa shape index (κ3) is 3.76. The molecule has 0 bridgehead atoms. The minimum absolute atomic E-state index is 0.163. The van der Waals surface area contributed by atoms with Crippen LogP contribution in [0.4, 0.5) is 0 Å². The molecule has 4 aromatic rings. The molecule has 0 unspecified atom stereocenters. The number of thiocarbonyl (C=S) groups is 1. The summed E-state index contributed by atoms with van der Waals surface area (Å²) in [7, 11) is 0. The van der Waals surface area contributed by atoms with Gasteiger partial charge in [0, 0.05) is 17.6 Å². The quantitative estimate of drug-likeness (QED) is 0.384. The lowest BCUT2D eigenvalue weighted by molar-refractivity contribution is 0.0697. The Bertz CT molecular complexity index is 1350. The van der Waals surface area contributed by atoms with E-state index >= 15 is 0 Å². The summed E-state index contributed by atoms with van der Waals surface area (Å²) >= 11 is 5.76. The molecule has 2 atom stereocenters. The molecule has 1 aliphatic rings. The third-order valence-corrected chi connectivity index (χ3v) is 6.62. The summed E-state index contributed by atoms with van der Waals surface area (Å²) in [5.41, 5.74) is 4.71. The molecule has 1 aliphatic heterocycles. The fraction of sp³-hybridized carbons (Fsp3) is 0.192. The molecule has 3 aromatic heterocycles. The average Bonchev–Trinajstić information content (AvgIpc) is 3.53. The summed E-state index contributed by atoms with van der Waals surface area (Å²) in [5.74, 6) is -0.153. The minimum atomic E-state index is -0.959. The van der Waals surface area contributed by atoms with Crippen LogP contribution in [0.5, 0.6) is 0 Å². The van der Waals surface area contributed by atoms with Crippen molar-refractivity contribution in [1.29, 1.82) is 0 Å². The zero-order valence-electron chi connectivity index (χ0n) is 18.8. The van der Waals surface area contributed by atoms with E-state index in [4.69, 9.17) is 16.6 Å². The van der Waals surface area contributed by atoms with E-state index in [0.717, 1.165) is 28.4 Å². The predicted molar refractivity (Wildman–Crippen MR) is 132 cm³/mol. The molecular weight excluding hydrogens is 448 g/mol. The highest BCUT2D eigenvalue weighted by Crippen LogP contribution is 2.42. The monoisotopic (exact) mass is 472 g/mol. The molecule has 1 fully saturated rings. The van der Waals surface area contributed by atoms with Gasteiger partial charge in [0.25, 0.3) is 0 Å². The van der Waals surface area contributed by atoms with Gasteiger partial charge in [0.2, 0.25) is 0 Å². The average molecular weight is 473 g/mol. The molecule has 5 rings (SSSR count). The number of aromatic nitrogens is 2. The van der Waals surface area contributed by atoms with E-state index < -0.39 is 5.97 Å². The van der Waals surface area contributed by atoms with E-state index in [9.17, 15) is 9.90 Å². The van der Waals surface area contributed by atoms with Crippen molar-refractivity contribution in [2.45, 2.75) is 32.5 Å². The minimum Gasteiger partial charge on any atom is -0.478 e. The van der Waals surface area contributed by atoms with Gasteiger partial charge in [-0.2, -0.15) is 0 Å². The van der Waals surface area contributed by atoms with Crippen molar-refractivity contribution in [3.63, 3.8) is 0 Å².